The van der Waals surface area contributed by atoms with Gasteiger partial charge < -0.3 is 19.9 Å². The number of nitrogens with one attached hydrogen (secondary N) is 1. The molecule has 2 aromatic rings. The van der Waals surface area contributed by atoms with Crippen LogP contribution in [0.25, 0.3) is 10.8 Å². The lowest BCUT2D eigenvalue weighted by Gasteiger charge is -2.17. The average Bonchev–Trinajstić information content (AvgIpc) is 2.50. The van der Waals surface area contributed by atoms with Crippen LogP contribution in [0, 0.1) is 0 Å². The Bertz CT molecular complexity index is 583. The Labute approximate surface area is 125 Å². The van der Waals surface area contributed by atoms with Crippen LogP contribution in [0.4, 0.5) is 0 Å². The van der Waals surface area contributed by atoms with Crippen LogP contribution in [0.2, 0.25) is 0 Å². The summed E-state index contributed by atoms with van der Waals surface area (Å²) in [4.78, 5) is 0. The molecule has 4 heteroatoms. The molecule has 0 radical (unpaired) electrons. The fourth-order valence-corrected chi connectivity index (χ4v) is 2.14. The number of fused-ring (bicyclic) bond motifs is 1. The van der Waals surface area contributed by atoms with Gasteiger partial charge in [-0.3, -0.25) is 0 Å². The van der Waals surface area contributed by atoms with Gasteiger partial charge in [-0.05, 0) is 11.5 Å². The van der Waals surface area contributed by atoms with E-state index in [4.69, 9.17) is 9.47 Å². The van der Waals surface area contributed by atoms with Crippen LogP contribution in [0.5, 0.6) is 11.5 Å². The molecule has 0 aliphatic heterocycles. The molecule has 21 heavy (non-hydrogen) atoms. The maximum Gasteiger partial charge on any atom is 0.169 e. The number of ether oxygens (including phenoxy) is 2. The smallest absolute Gasteiger partial charge is 0.169 e. The normalized spacial score (nSPS) is 12.6. The van der Waals surface area contributed by atoms with Crippen LogP contribution >= 0.6 is 0 Å². The van der Waals surface area contributed by atoms with Crippen LogP contribution in [-0.4, -0.2) is 37.5 Å². The minimum Gasteiger partial charge on any atom is -0.493 e. The molecule has 0 aromatic heterocycles. The lowest BCUT2D eigenvalue weighted by Crippen LogP contribution is -2.35. The summed E-state index contributed by atoms with van der Waals surface area (Å²) >= 11 is 0. The van der Waals surface area contributed by atoms with Crippen molar-refractivity contribution in [1.82, 2.24) is 5.32 Å². The van der Waals surface area contributed by atoms with Crippen LogP contribution in [-0.2, 0) is 0 Å². The van der Waals surface area contributed by atoms with Crippen LogP contribution in [0.15, 0.2) is 36.4 Å². The topological polar surface area (TPSA) is 50.7 Å². The molecular weight excluding hydrogens is 266 g/mol. The molecule has 0 fully saturated rings. The van der Waals surface area contributed by atoms with E-state index >= 15 is 0 Å². The van der Waals surface area contributed by atoms with E-state index in [0.29, 0.717) is 24.1 Å². The van der Waals surface area contributed by atoms with E-state index < -0.39 is 6.10 Å². The minimum atomic E-state index is -0.559. The summed E-state index contributed by atoms with van der Waals surface area (Å²) in [7, 11) is 1.62. The number of methoxy groups -OCH3 is 1. The largest absolute Gasteiger partial charge is 0.493 e. The molecule has 0 aliphatic rings. The first kappa shape index (κ1) is 15.6. The fraction of sp³-hybridized carbons (Fsp3) is 0.412. The number of rotatable bonds is 7. The van der Waals surface area contributed by atoms with Gasteiger partial charge in [0.2, 0.25) is 0 Å². The van der Waals surface area contributed by atoms with Gasteiger partial charge in [0.15, 0.2) is 11.5 Å². The molecule has 0 saturated heterocycles. The summed E-state index contributed by atoms with van der Waals surface area (Å²) in [6.07, 6.45) is -0.559. The second-order valence-corrected chi connectivity index (χ2v) is 5.35. The molecule has 4 nitrogen and oxygen atoms in total. The monoisotopic (exact) mass is 289 g/mol. The van der Waals surface area contributed by atoms with Crippen LogP contribution < -0.4 is 14.8 Å². The molecule has 0 heterocycles. The Balaban J connectivity index is 2.13. The van der Waals surface area contributed by atoms with Gasteiger partial charge in [-0.2, -0.15) is 0 Å². The third kappa shape index (κ3) is 4.09. The second-order valence-electron chi connectivity index (χ2n) is 5.35. The summed E-state index contributed by atoms with van der Waals surface area (Å²) in [5.41, 5.74) is 0. The molecule has 1 atom stereocenters. The van der Waals surface area contributed by atoms with Gasteiger partial charge in [0.25, 0.3) is 0 Å². The third-order valence-electron chi connectivity index (χ3n) is 3.25. The molecular formula is C17H23NO3. The van der Waals surface area contributed by atoms with E-state index in [-0.39, 0.29) is 6.61 Å². The zero-order chi connectivity index (χ0) is 15.2. The molecule has 2 rings (SSSR count). The Hall–Kier alpha value is -1.78. The summed E-state index contributed by atoms with van der Waals surface area (Å²) in [5, 5.41) is 15.2. The van der Waals surface area contributed by atoms with Crippen LogP contribution in [0.3, 0.4) is 0 Å². The van der Waals surface area contributed by atoms with E-state index in [0.717, 1.165) is 10.8 Å². The average molecular weight is 289 g/mol. The van der Waals surface area contributed by atoms with Crippen molar-refractivity contribution in [3.05, 3.63) is 36.4 Å². The van der Waals surface area contributed by atoms with Crippen molar-refractivity contribution in [3.8, 4) is 11.5 Å². The molecule has 0 aliphatic carbocycles. The number of aliphatic hydroxyl groups excluding tert-OH is 1. The van der Waals surface area contributed by atoms with Crippen LogP contribution in [0.1, 0.15) is 13.8 Å². The predicted molar refractivity (Wildman–Crippen MR) is 85.1 cm³/mol. The van der Waals surface area contributed by atoms with E-state index in [1.807, 2.05) is 50.2 Å². The Morgan fingerprint density at radius 2 is 1.90 bits per heavy atom. The molecule has 2 aromatic carbocycles. The molecule has 2 N–H and O–H groups in total. The first-order valence-corrected chi connectivity index (χ1v) is 7.21. The van der Waals surface area contributed by atoms with Gasteiger partial charge in [-0.15, -0.1) is 0 Å². The quantitative estimate of drug-likeness (QED) is 0.822. The van der Waals surface area contributed by atoms with Gasteiger partial charge in [0.1, 0.15) is 12.7 Å². The Morgan fingerprint density at radius 3 is 2.62 bits per heavy atom. The highest BCUT2D eigenvalue weighted by atomic mass is 16.5. The van der Waals surface area contributed by atoms with Crippen molar-refractivity contribution < 1.29 is 14.6 Å². The second kappa shape index (κ2) is 7.29. The summed E-state index contributed by atoms with van der Waals surface area (Å²) < 4.78 is 11.2. The highest BCUT2D eigenvalue weighted by molar-refractivity contribution is 5.90. The SMILES string of the molecule is COc1ccc2ccccc2c1OC[C@H](O)CNC(C)C. The van der Waals surface area contributed by atoms with E-state index in [9.17, 15) is 5.11 Å². The fourth-order valence-electron chi connectivity index (χ4n) is 2.14. The van der Waals surface area contributed by atoms with E-state index in [2.05, 4.69) is 5.32 Å². The van der Waals surface area contributed by atoms with Crippen molar-refractivity contribution in [1.29, 1.82) is 0 Å². The van der Waals surface area contributed by atoms with Gasteiger partial charge in [-0.1, -0.05) is 44.2 Å². The van der Waals surface area contributed by atoms with E-state index in [1.54, 1.807) is 7.11 Å². The van der Waals surface area contributed by atoms with E-state index in [1.165, 1.54) is 0 Å². The highest BCUT2D eigenvalue weighted by Crippen LogP contribution is 2.35. The van der Waals surface area contributed by atoms with Crippen molar-refractivity contribution >= 4 is 10.8 Å². The molecule has 0 saturated carbocycles. The zero-order valence-electron chi connectivity index (χ0n) is 12.8. The summed E-state index contributed by atoms with van der Waals surface area (Å²) in [6, 6.07) is 12.2. The molecule has 0 amide bonds. The zero-order valence-corrected chi connectivity index (χ0v) is 12.8. The maximum atomic E-state index is 9.97. The van der Waals surface area contributed by atoms with Gasteiger partial charge >= 0.3 is 0 Å². The highest BCUT2D eigenvalue weighted by Gasteiger charge is 2.12. The molecule has 0 unspecified atom stereocenters. The Kier molecular flexibility index (Phi) is 5.42. The van der Waals surface area contributed by atoms with Crippen molar-refractivity contribution in [2.45, 2.75) is 26.0 Å². The number of benzene rings is 2. The lowest BCUT2D eigenvalue weighted by molar-refractivity contribution is 0.104. The van der Waals surface area contributed by atoms with Crippen molar-refractivity contribution in [3.63, 3.8) is 0 Å². The van der Waals surface area contributed by atoms with Crippen molar-refractivity contribution in [2.75, 3.05) is 20.3 Å². The predicted octanol–water partition coefficient (Wildman–Crippen LogP) is 2.59. The van der Waals surface area contributed by atoms with Gasteiger partial charge in [0, 0.05) is 18.0 Å². The minimum absolute atomic E-state index is 0.226. The lowest BCUT2D eigenvalue weighted by atomic mass is 10.1. The first-order valence-electron chi connectivity index (χ1n) is 7.21. The standard InChI is InChI=1S/C17H23NO3/c1-12(2)18-10-14(19)11-21-17-15-7-5-4-6-13(15)8-9-16(17)20-3/h4-9,12,14,18-19H,10-11H2,1-3H3/t14-/m1/s1. The number of aliphatic hydroxyl groups is 1. The van der Waals surface area contributed by atoms with Gasteiger partial charge in [-0.25, -0.2) is 0 Å². The summed E-state index contributed by atoms with van der Waals surface area (Å²) in [5.74, 6) is 1.36. The molecule has 0 bridgehead atoms. The van der Waals surface area contributed by atoms with Crippen molar-refractivity contribution in [2.24, 2.45) is 0 Å². The number of hydrogen-bond donors (Lipinski definition) is 2. The molecule has 0 spiro atoms. The maximum absolute atomic E-state index is 9.97. The molecule has 114 valence electrons. The number of hydrogen-bond acceptors (Lipinski definition) is 4. The first-order chi connectivity index (χ1) is 10.1. The van der Waals surface area contributed by atoms with Gasteiger partial charge in [0.05, 0.1) is 7.11 Å². The third-order valence-corrected chi connectivity index (χ3v) is 3.25. The Morgan fingerprint density at radius 1 is 1.14 bits per heavy atom. The summed E-state index contributed by atoms with van der Waals surface area (Å²) in [6.45, 7) is 4.82.